The Balaban J connectivity index is 1.27. The number of amides is 2. The predicted molar refractivity (Wildman–Crippen MR) is 128 cm³/mol. The highest BCUT2D eigenvalue weighted by Gasteiger charge is 2.13. The van der Waals surface area contributed by atoms with Crippen molar-refractivity contribution in [2.45, 2.75) is 31.0 Å². The molecule has 9 nitrogen and oxygen atoms in total. The Kier molecular flexibility index (Phi) is 7.56. The van der Waals surface area contributed by atoms with Gasteiger partial charge in [-0.3, -0.25) is 9.59 Å². The van der Waals surface area contributed by atoms with Crippen LogP contribution in [-0.4, -0.2) is 50.4 Å². The summed E-state index contributed by atoms with van der Waals surface area (Å²) in [6, 6.07) is 10.9. The number of nitrogens with one attached hydrogen (secondary N) is 2. The molecule has 3 heterocycles. The fourth-order valence-corrected chi connectivity index (χ4v) is 4.27. The van der Waals surface area contributed by atoms with Crippen LogP contribution in [0, 0.1) is 0 Å². The number of anilines is 2. The van der Waals surface area contributed by atoms with Crippen LogP contribution < -0.4 is 15.5 Å². The largest absolute Gasteiger partial charge is 0.357 e. The van der Waals surface area contributed by atoms with Gasteiger partial charge in [0.25, 0.3) is 5.91 Å². The molecule has 2 aromatic heterocycles. The molecule has 0 spiro atoms. The molecule has 0 radical (unpaired) electrons. The molecule has 3 aromatic rings. The number of carbonyl (C=O) groups excluding carboxylic acids is 2. The predicted octanol–water partition coefficient (Wildman–Crippen LogP) is 2.86. The second-order valence-corrected chi connectivity index (χ2v) is 8.84. The van der Waals surface area contributed by atoms with Crippen LogP contribution in [0.2, 0.25) is 0 Å². The van der Waals surface area contributed by atoms with Crippen molar-refractivity contribution in [1.29, 1.82) is 0 Å². The van der Waals surface area contributed by atoms with E-state index in [2.05, 4.69) is 30.7 Å². The second kappa shape index (κ2) is 11.0. The highest BCUT2D eigenvalue weighted by Crippen LogP contribution is 2.18. The Bertz CT molecular complexity index is 1090. The minimum Gasteiger partial charge on any atom is -0.357 e. The lowest BCUT2D eigenvalue weighted by Crippen LogP contribution is -2.30. The van der Waals surface area contributed by atoms with Gasteiger partial charge in [0.05, 0.1) is 5.75 Å². The van der Waals surface area contributed by atoms with Crippen LogP contribution >= 0.6 is 11.8 Å². The molecule has 1 aromatic carbocycles. The molecule has 0 unspecified atom stereocenters. The van der Waals surface area contributed by atoms with E-state index in [1.54, 1.807) is 35.2 Å². The average Bonchev–Trinajstić information content (AvgIpc) is 3.27. The summed E-state index contributed by atoms with van der Waals surface area (Å²) in [6.45, 7) is 2.49. The molecule has 0 aliphatic carbocycles. The Hall–Kier alpha value is -3.40. The summed E-state index contributed by atoms with van der Waals surface area (Å²) < 4.78 is 1.75. The standard InChI is InChI=1S/C23H27N7O2S/c1-29-16-26-28-23(29)33-15-21(31)27-19-7-5-6-18(12-19)22(32)25-14-17-8-9-20(24-13-17)30-10-3-2-4-11-30/h5-9,12-13,16H,2-4,10-11,14-15H2,1H3,(H,25,32)(H,27,31). The molecular weight excluding hydrogens is 438 g/mol. The fraction of sp³-hybridized carbons (Fsp3) is 0.348. The van der Waals surface area contributed by atoms with Gasteiger partial charge >= 0.3 is 0 Å². The molecule has 33 heavy (non-hydrogen) atoms. The van der Waals surface area contributed by atoms with Crippen LogP contribution in [0.15, 0.2) is 54.1 Å². The molecule has 4 rings (SSSR count). The van der Waals surface area contributed by atoms with Crippen molar-refractivity contribution in [2.75, 3.05) is 29.1 Å². The van der Waals surface area contributed by atoms with E-state index >= 15 is 0 Å². The zero-order valence-corrected chi connectivity index (χ0v) is 19.3. The molecule has 0 atom stereocenters. The quantitative estimate of drug-likeness (QED) is 0.493. The summed E-state index contributed by atoms with van der Waals surface area (Å²) >= 11 is 1.30. The first kappa shape index (κ1) is 22.8. The van der Waals surface area contributed by atoms with Gasteiger partial charge in [-0.1, -0.05) is 23.9 Å². The van der Waals surface area contributed by atoms with Gasteiger partial charge in [0, 0.05) is 44.1 Å². The number of hydrogen-bond acceptors (Lipinski definition) is 7. The van der Waals surface area contributed by atoms with E-state index in [0.717, 1.165) is 24.5 Å². The second-order valence-electron chi connectivity index (χ2n) is 7.90. The summed E-state index contributed by atoms with van der Waals surface area (Å²) in [5.74, 6) is 0.800. The van der Waals surface area contributed by atoms with Gasteiger partial charge in [0.2, 0.25) is 5.91 Å². The molecule has 0 saturated carbocycles. The topological polar surface area (TPSA) is 105 Å². The number of nitrogens with zero attached hydrogens (tertiary/aromatic N) is 5. The van der Waals surface area contributed by atoms with Gasteiger partial charge in [-0.15, -0.1) is 10.2 Å². The van der Waals surface area contributed by atoms with Crippen molar-refractivity contribution in [3.63, 3.8) is 0 Å². The van der Waals surface area contributed by atoms with Crippen LogP contribution in [0.5, 0.6) is 0 Å². The third-order valence-corrected chi connectivity index (χ3v) is 6.39. The lowest BCUT2D eigenvalue weighted by Gasteiger charge is -2.27. The molecule has 2 amide bonds. The maximum Gasteiger partial charge on any atom is 0.251 e. The van der Waals surface area contributed by atoms with E-state index in [1.165, 1.54) is 31.0 Å². The number of aryl methyl sites for hydroxylation is 1. The van der Waals surface area contributed by atoms with Crippen LogP contribution in [-0.2, 0) is 18.4 Å². The van der Waals surface area contributed by atoms with Crippen molar-refractivity contribution in [3.05, 3.63) is 60.0 Å². The van der Waals surface area contributed by atoms with Gasteiger partial charge in [-0.25, -0.2) is 4.98 Å². The molecule has 10 heteroatoms. The monoisotopic (exact) mass is 465 g/mol. The van der Waals surface area contributed by atoms with E-state index in [-0.39, 0.29) is 17.6 Å². The molecule has 2 N–H and O–H groups in total. The molecule has 1 saturated heterocycles. The van der Waals surface area contributed by atoms with Gasteiger partial charge in [-0.2, -0.15) is 0 Å². The van der Waals surface area contributed by atoms with Crippen molar-refractivity contribution < 1.29 is 9.59 Å². The number of pyridine rings is 1. The average molecular weight is 466 g/mol. The summed E-state index contributed by atoms with van der Waals surface area (Å²) in [5.41, 5.74) is 1.99. The third kappa shape index (κ3) is 6.32. The molecule has 1 aliphatic rings. The van der Waals surface area contributed by atoms with Crippen LogP contribution in [0.3, 0.4) is 0 Å². The van der Waals surface area contributed by atoms with E-state index < -0.39 is 0 Å². The zero-order valence-electron chi connectivity index (χ0n) is 18.5. The maximum atomic E-state index is 12.6. The van der Waals surface area contributed by atoms with Crippen molar-refractivity contribution in [1.82, 2.24) is 25.1 Å². The van der Waals surface area contributed by atoms with Crippen LogP contribution in [0.4, 0.5) is 11.5 Å². The highest BCUT2D eigenvalue weighted by atomic mass is 32.2. The number of thioether (sulfide) groups is 1. The van der Waals surface area contributed by atoms with Crippen molar-refractivity contribution >= 4 is 35.1 Å². The SMILES string of the molecule is Cn1cnnc1SCC(=O)Nc1cccc(C(=O)NCc2ccc(N3CCCCC3)nc2)c1. The van der Waals surface area contributed by atoms with Crippen LogP contribution in [0.1, 0.15) is 35.2 Å². The Morgan fingerprint density at radius 1 is 1.12 bits per heavy atom. The lowest BCUT2D eigenvalue weighted by molar-refractivity contribution is -0.113. The normalized spacial score (nSPS) is 13.5. The molecule has 172 valence electrons. The molecule has 1 aliphatic heterocycles. The maximum absolute atomic E-state index is 12.6. The summed E-state index contributed by atoms with van der Waals surface area (Å²) in [7, 11) is 1.82. The van der Waals surface area contributed by atoms with Gasteiger partial charge in [0.1, 0.15) is 12.1 Å². The van der Waals surface area contributed by atoms with Gasteiger partial charge < -0.3 is 20.1 Å². The number of hydrogen-bond donors (Lipinski definition) is 2. The minimum atomic E-state index is -0.209. The number of aromatic nitrogens is 4. The number of carbonyl (C=O) groups is 2. The lowest BCUT2D eigenvalue weighted by atomic mass is 10.1. The summed E-state index contributed by atoms with van der Waals surface area (Å²) in [4.78, 5) is 31.7. The van der Waals surface area contributed by atoms with E-state index in [1.807, 2.05) is 25.4 Å². The Labute approximate surface area is 197 Å². The molecular formula is C23H27N7O2S. The first-order valence-corrected chi connectivity index (χ1v) is 11.9. The Morgan fingerprint density at radius 3 is 2.70 bits per heavy atom. The number of piperidine rings is 1. The number of rotatable bonds is 8. The van der Waals surface area contributed by atoms with E-state index in [9.17, 15) is 9.59 Å². The van der Waals surface area contributed by atoms with Crippen LogP contribution in [0.25, 0.3) is 0 Å². The highest BCUT2D eigenvalue weighted by molar-refractivity contribution is 7.99. The Morgan fingerprint density at radius 2 is 1.97 bits per heavy atom. The smallest absolute Gasteiger partial charge is 0.251 e. The van der Waals surface area contributed by atoms with E-state index in [0.29, 0.717) is 23.0 Å². The van der Waals surface area contributed by atoms with Crippen molar-refractivity contribution in [2.24, 2.45) is 7.05 Å². The number of benzene rings is 1. The third-order valence-electron chi connectivity index (χ3n) is 5.35. The first-order chi connectivity index (χ1) is 16.1. The van der Waals surface area contributed by atoms with E-state index in [4.69, 9.17) is 0 Å². The molecule has 1 fully saturated rings. The first-order valence-electron chi connectivity index (χ1n) is 10.9. The molecule has 0 bridgehead atoms. The van der Waals surface area contributed by atoms with Gasteiger partial charge in [-0.05, 0) is 49.1 Å². The van der Waals surface area contributed by atoms with Gasteiger partial charge in [0.15, 0.2) is 5.16 Å². The zero-order chi connectivity index (χ0) is 23.0. The summed E-state index contributed by atoms with van der Waals surface area (Å²) in [5, 5.41) is 14.1. The minimum absolute atomic E-state index is 0.180. The van der Waals surface area contributed by atoms with Crippen molar-refractivity contribution in [3.8, 4) is 0 Å². The fourth-order valence-electron chi connectivity index (χ4n) is 3.58. The summed E-state index contributed by atoms with van der Waals surface area (Å²) in [6.07, 6.45) is 7.10.